The van der Waals surface area contributed by atoms with E-state index in [0.717, 1.165) is 16.8 Å². The zero-order valence-electron chi connectivity index (χ0n) is 11.8. The van der Waals surface area contributed by atoms with E-state index in [1.54, 1.807) is 12.4 Å². The molecule has 2 rings (SSSR count). The van der Waals surface area contributed by atoms with Crippen molar-refractivity contribution in [3.05, 3.63) is 59.4 Å². The normalized spacial score (nSPS) is 10.3. The molecule has 0 aliphatic heterocycles. The maximum Gasteiger partial charge on any atom is 0.238 e. The molecule has 1 aromatic carbocycles. The molecule has 1 amide bonds. The van der Waals surface area contributed by atoms with Crippen molar-refractivity contribution in [3.63, 3.8) is 0 Å². The van der Waals surface area contributed by atoms with Gasteiger partial charge in [-0.15, -0.1) is 0 Å². The number of hydrogen-bond donors (Lipinski definition) is 2. The lowest BCUT2D eigenvalue weighted by Gasteiger charge is -2.10. The van der Waals surface area contributed by atoms with Crippen molar-refractivity contribution < 1.29 is 4.79 Å². The highest BCUT2D eigenvalue weighted by Gasteiger charge is 2.05. The Morgan fingerprint density at radius 2 is 2.05 bits per heavy atom. The Hall–Kier alpha value is -2.20. The lowest BCUT2D eigenvalue weighted by molar-refractivity contribution is -0.115. The van der Waals surface area contributed by atoms with Crippen LogP contribution in [0.15, 0.2) is 42.7 Å². The lowest BCUT2D eigenvalue weighted by atomic mass is 10.1. The molecule has 0 radical (unpaired) electrons. The number of hydrogen-bond acceptors (Lipinski definition) is 3. The molecule has 0 unspecified atom stereocenters. The number of carbonyl (C=O) groups is 1. The van der Waals surface area contributed by atoms with E-state index in [4.69, 9.17) is 0 Å². The van der Waals surface area contributed by atoms with Crippen molar-refractivity contribution in [2.24, 2.45) is 0 Å². The predicted octanol–water partition coefficient (Wildman–Crippen LogP) is 2.43. The highest BCUT2D eigenvalue weighted by molar-refractivity contribution is 5.93. The van der Waals surface area contributed by atoms with Crippen LogP contribution in [0.3, 0.4) is 0 Å². The summed E-state index contributed by atoms with van der Waals surface area (Å²) in [5, 5.41) is 6.02. The molecule has 0 aliphatic carbocycles. The first-order chi connectivity index (χ1) is 9.66. The van der Waals surface area contributed by atoms with E-state index in [9.17, 15) is 4.79 Å². The molecule has 0 atom stereocenters. The van der Waals surface area contributed by atoms with Crippen LogP contribution in [0.4, 0.5) is 5.69 Å². The molecule has 0 fully saturated rings. The Morgan fingerprint density at radius 1 is 1.20 bits per heavy atom. The van der Waals surface area contributed by atoms with Crippen molar-refractivity contribution in [2.45, 2.75) is 20.4 Å². The van der Waals surface area contributed by atoms with Gasteiger partial charge in [0.15, 0.2) is 0 Å². The van der Waals surface area contributed by atoms with Gasteiger partial charge in [0.05, 0.1) is 6.54 Å². The first kappa shape index (κ1) is 14.2. The standard InChI is InChI=1S/C16H19N3O/c1-12-5-3-7-15(13(12)2)19-16(20)11-18-10-14-6-4-8-17-9-14/h3-9,18H,10-11H2,1-2H3,(H,19,20). The van der Waals surface area contributed by atoms with E-state index >= 15 is 0 Å². The molecular formula is C16H19N3O. The number of benzene rings is 1. The van der Waals surface area contributed by atoms with E-state index < -0.39 is 0 Å². The number of anilines is 1. The van der Waals surface area contributed by atoms with Crippen LogP contribution in [0, 0.1) is 13.8 Å². The van der Waals surface area contributed by atoms with Crippen molar-refractivity contribution in [3.8, 4) is 0 Å². The largest absolute Gasteiger partial charge is 0.325 e. The fraction of sp³-hybridized carbons (Fsp3) is 0.250. The number of amides is 1. The molecule has 0 saturated carbocycles. The molecule has 0 aliphatic rings. The maximum absolute atomic E-state index is 11.9. The zero-order chi connectivity index (χ0) is 14.4. The van der Waals surface area contributed by atoms with Crippen LogP contribution >= 0.6 is 0 Å². The summed E-state index contributed by atoms with van der Waals surface area (Å²) in [4.78, 5) is 15.9. The van der Waals surface area contributed by atoms with Crippen LogP contribution in [0.25, 0.3) is 0 Å². The second-order valence-electron chi connectivity index (χ2n) is 4.76. The van der Waals surface area contributed by atoms with Gasteiger partial charge in [-0.1, -0.05) is 18.2 Å². The van der Waals surface area contributed by atoms with Crippen LogP contribution in [0.2, 0.25) is 0 Å². The summed E-state index contributed by atoms with van der Waals surface area (Å²) in [5.41, 5.74) is 4.21. The van der Waals surface area contributed by atoms with Gasteiger partial charge in [0.25, 0.3) is 0 Å². The Kier molecular flexibility index (Phi) is 4.85. The van der Waals surface area contributed by atoms with Crippen molar-refractivity contribution in [1.82, 2.24) is 10.3 Å². The molecule has 1 heterocycles. The second kappa shape index (κ2) is 6.82. The van der Waals surface area contributed by atoms with Gasteiger partial charge in [-0.2, -0.15) is 0 Å². The summed E-state index contributed by atoms with van der Waals surface area (Å²) in [6, 6.07) is 9.75. The molecule has 4 nitrogen and oxygen atoms in total. The quantitative estimate of drug-likeness (QED) is 0.876. The van der Waals surface area contributed by atoms with Crippen LogP contribution in [0.5, 0.6) is 0 Å². The summed E-state index contributed by atoms with van der Waals surface area (Å²) in [7, 11) is 0. The third-order valence-electron chi connectivity index (χ3n) is 3.22. The van der Waals surface area contributed by atoms with Crippen LogP contribution in [-0.2, 0) is 11.3 Å². The van der Waals surface area contributed by atoms with Crippen LogP contribution in [0.1, 0.15) is 16.7 Å². The fourth-order valence-electron chi connectivity index (χ4n) is 1.90. The number of rotatable bonds is 5. The molecule has 2 N–H and O–H groups in total. The van der Waals surface area contributed by atoms with Gasteiger partial charge >= 0.3 is 0 Å². The number of nitrogens with zero attached hydrogens (tertiary/aromatic N) is 1. The Labute approximate surface area is 119 Å². The summed E-state index contributed by atoms with van der Waals surface area (Å²) in [6.07, 6.45) is 3.52. The highest BCUT2D eigenvalue weighted by atomic mass is 16.1. The topological polar surface area (TPSA) is 54.0 Å². The zero-order valence-corrected chi connectivity index (χ0v) is 11.8. The minimum atomic E-state index is -0.0393. The van der Waals surface area contributed by atoms with E-state index in [2.05, 4.69) is 15.6 Å². The van der Waals surface area contributed by atoms with Gasteiger partial charge < -0.3 is 10.6 Å². The first-order valence-corrected chi connectivity index (χ1v) is 6.62. The van der Waals surface area contributed by atoms with Gasteiger partial charge in [-0.3, -0.25) is 9.78 Å². The van der Waals surface area contributed by atoms with Crippen LogP contribution < -0.4 is 10.6 Å². The van der Waals surface area contributed by atoms with E-state index in [-0.39, 0.29) is 12.5 Å². The van der Waals surface area contributed by atoms with Gasteiger partial charge in [-0.05, 0) is 42.7 Å². The highest BCUT2D eigenvalue weighted by Crippen LogP contribution is 2.17. The smallest absolute Gasteiger partial charge is 0.238 e. The van der Waals surface area contributed by atoms with Gasteiger partial charge in [0.1, 0.15) is 0 Å². The average Bonchev–Trinajstić information content (AvgIpc) is 2.45. The molecular weight excluding hydrogens is 250 g/mol. The minimum Gasteiger partial charge on any atom is -0.325 e. The summed E-state index contributed by atoms with van der Waals surface area (Å²) in [5.74, 6) is -0.0393. The minimum absolute atomic E-state index is 0.0393. The Morgan fingerprint density at radius 3 is 2.80 bits per heavy atom. The van der Waals surface area contributed by atoms with Crippen molar-refractivity contribution >= 4 is 11.6 Å². The molecule has 0 bridgehead atoms. The number of aromatic nitrogens is 1. The number of carbonyl (C=O) groups excluding carboxylic acids is 1. The van der Waals surface area contributed by atoms with Crippen LogP contribution in [-0.4, -0.2) is 17.4 Å². The van der Waals surface area contributed by atoms with E-state index in [0.29, 0.717) is 6.54 Å². The summed E-state index contributed by atoms with van der Waals surface area (Å²) in [6.45, 7) is 4.95. The molecule has 2 aromatic rings. The summed E-state index contributed by atoms with van der Waals surface area (Å²) < 4.78 is 0. The fourth-order valence-corrected chi connectivity index (χ4v) is 1.90. The monoisotopic (exact) mass is 269 g/mol. The van der Waals surface area contributed by atoms with Gasteiger partial charge in [-0.25, -0.2) is 0 Å². The van der Waals surface area contributed by atoms with Gasteiger partial charge in [0, 0.05) is 24.6 Å². The maximum atomic E-state index is 11.9. The average molecular weight is 269 g/mol. The van der Waals surface area contributed by atoms with Crippen molar-refractivity contribution in [2.75, 3.05) is 11.9 Å². The first-order valence-electron chi connectivity index (χ1n) is 6.62. The Balaban J connectivity index is 1.82. The molecule has 0 spiro atoms. The lowest BCUT2D eigenvalue weighted by Crippen LogP contribution is -2.28. The second-order valence-corrected chi connectivity index (χ2v) is 4.76. The molecule has 1 aromatic heterocycles. The third kappa shape index (κ3) is 3.90. The van der Waals surface area contributed by atoms with Gasteiger partial charge in [0.2, 0.25) is 5.91 Å². The van der Waals surface area contributed by atoms with E-state index in [1.165, 1.54) is 5.56 Å². The number of pyridine rings is 1. The molecule has 104 valence electrons. The number of nitrogens with one attached hydrogen (secondary N) is 2. The Bertz CT molecular complexity index is 582. The molecule has 0 saturated heterocycles. The third-order valence-corrected chi connectivity index (χ3v) is 3.22. The summed E-state index contributed by atoms with van der Waals surface area (Å²) >= 11 is 0. The SMILES string of the molecule is Cc1cccc(NC(=O)CNCc2cccnc2)c1C. The molecule has 4 heteroatoms. The predicted molar refractivity (Wildman–Crippen MR) is 80.5 cm³/mol. The molecule has 20 heavy (non-hydrogen) atoms. The van der Waals surface area contributed by atoms with Crippen molar-refractivity contribution in [1.29, 1.82) is 0 Å². The van der Waals surface area contributed by atoms with E-state index in [1.807, 2.05) is 44.2 Å². The number of aryl methyl sites for hydroxylation is 1.